The Kier molecular flexibility index (Phi) is 5.82. The Hall–Kier alpha value is -1.81. The second kappa shape index (κ2) is 7.46. The number of hydrogen-bond acceptors (Lipinski definition) is 3. The van der Waals surface area contributed by atoms with Gasteiger partial charge in [-0.25, -0.2) is 4.79 Å². The van der Waals surface area contributed by atoms with E-state index in [0.717, 1.165) is 30.2 Å². The lowest BCUT2D eigenvalue weighted by molar-refractivity contribution is -0.131. The van der Waals surface area contributed by atoms with Crippen LogP contribution >= 0.6 is 0 Å². The molecule has 4 heteroatoms. The van der Waals surface area contributed by atoms with E-state index >= 15 is 0 Å². The SMILES string of the molecule is O=C(O)/C=C/c1ccc(OCCCCO)cc1. The monoisotopic (exact) mass is 236 g/mol. The third-order valence-electron chi connectivity index (χ3n) is 2.12. The molecule has 0 aliphatic carbocycles. The van der Waals surface area contributed by atoms with Crippen LogP contribution in [0, 0.1) is 0 Å². The van der Waals surface area contributed by atoms with Gasteiger partial charge in [-0.3, -0.25) is 0 Å². The molecule has 17 heavy (non-hydrogen) atoms. The van der Waals surface area contributed by atoms with Gasteiger partial charge in [-0.2, -0.15) is 0 Å². The summed E-state index contributed by atoms with van der Waals surface area (Å²) in [5.74, 6) is -0.218. The Balaban J connectivity index is 2.42. The van der Waals surface area contributed by atoms with Crippen LogP contribution in [0.3, 0.4) is 0 Å². The number of carboxylic acids is 1. The minimum Gasteiger partial charge on any atom is -0.494 e. The van der Waals surface area contributed by atoms with Gasteiger partial charge in [0, 0.05) is 12.7 Å². The molecule has 0 saturated heterocycles. The first-order chi connectivity index (χ1) is 8.22. The van der Waals surface area contributed by atoms with E-state index in [1.807, 2.05) is 0 Å². The van der Waals surface area contributed by atoms with E-state index in [4.69, 9.17) is 14.9 Å². The van der Waals surface area contributed by atoms with Crippen molar-refractivity contribution in [3.63, 3.8) is 0 Å². The summed E-state index contributed by atoms with van der Waals surface area (Å²) >= 11 is 0. The Morgan fingerprint density at radius 1 is 1.24 bits per heavy atom. The average Bonchev–Trinajstić information content (AvgIpc) is 2.33. The van der Waals surface area contributed by atoms with Crippen molar-refractivity contribution in [3.8, 4) is 5.75 Å². The summed E-state index contributed by atoms with van der Waals surface area (Å²) in [5, 5.41) is 17.1. The molecule has 0 amide bonds. The number of hydrogen-bond donors (Lipinski definition) is 2. The van der Waals surface area contributed by atoms with E-state index in [9.17, 15) is 4.79 Å². The van der Waals surface area contributed by atoms with Crippen molar-refractivity contribution in [2.24, 2.45) is 0 Å². The van der Waals surface area contributed by atoms with Crippen molar-refractivity contribution in [2.75, 3.05) is 13.2 Å². The van der Waals surface area contributed by atoms with E-state index in [2.05, 4.69) is 0 Å². The standard InChI is InChI=1S/C13H16O4/c14-9-1-2-10-17-12-6-3-11(4-7-12)5-8-13(15)16/h3-8,14H,1-2,9-10H2,(H,15,16)/b8-5+. The number of ether oxygens (including phenoxy) is 1. The number of unbranched alkanes of at least 4 members (excludes halogenated alkanes) is 1. The predicted octanol–water partition coefficient (Wildman–Crippen LogP) is 1.94. The molecule has 0 unspecified atom stereocenters. The van der Waals surface area contributed by atoms with Crippen LogP contribution in [-0.4, -0.2) is 29.4 Å². The molecule has 0 bridgehead atoms. The fourth-order valence-electron chi connectivity index (χ4n) is 1.25. The molecule has 0 radical (unpaired) electrons. The summed E-state index contributed by atoms with van der Waals surface area (Å²) in [5.41, 5.74) is 0.815. The average molecular weight is 236 g/mol. The number of aliphatic hydroxyl groups excluding tert-OH is 1. The van der Waals surface area contributed by atoms with E-state index in [0.29, 0.717) is 6.61 Å². The van der Waals surface area contributed by atoms with Gasteiger partial charge in [-0.05, 0) is 36.6 Å². The van der Waals surface area contributed by atoms with Gasteiger partial charge in [-0.1, -0.05) is 12.1 Å². The zero-order valence-corrected chi connectivity index (χ0v) is 9.50. The summed E-state index contributed by atoms with van der Waals surface area (Å²) < 4.78 is 5.44. The molecule has 4 nitrogen and oxygen atoms in total. The van der Waals surface area contributed by atoms with E-state index in [1.54, 1.807) is 24.3 Å². The zero-order valence-electron chi connectivity index (χ0n) is 9.50. The van der Waals surface area contributed by atoms with Gasteiger partial charge < -0.3 is 14.9 Å². The van der Waals surface area contributed by atoms with Crippen LogP contribution in [0.4, 0.5) is 0 Å². The second-order valence-corrected chi connectivity index (χ2v) is 3.52. The first-order valence-corrected chi connectivity index (χ1v) is 5.47. The van der Waals surface area contributed by atoms with Crippen LogP contribution < -0.4 is 4.74 Å². The summed E-state index contributed by atoms with van der Waals surface area (Å²) in [6.45, 7) is 0.757. The minimum atomic E-state index is -0.964. The van der Waals surface area contributed by atoms with Crippen LogP contribution in [0.25, 0.3) is 6.08 Å². The lowest BCUT2D eigenvalue weighted by atomic mass is 10.2. The van der Waals surface area contributed by atoms with Gasteiger partial charge >= 0.3 is 5.97 Å². The highest BCUT2D eigenvalue weighted by atomic mass is 16.5. The number of aliphatic hydroxyl groups is 1. The normalized spacial score (nSPS) is 10.6. The van der Waals surface area contributed by atoms with Crippen LogP contribution in [0.1, 0.15) is 18.4 Å². The molecule has 0 spiro atoms. The topological polar surface area (TPSA) is 66.8 Å². The lowest BCUT2D eigenvalue weighted by Gasteiger charge is -2.05. The Bertz CT molecular complexity index is 368. The lowest BCUT2D eigenvalue weighted by Crippen LogP contribution is -1.98. The fraction of sp³-hybridized carbons (Fsp3) is 0.308. The quantitative estimate of drug-likeness (QED) is 0.561. The maximum Gasteiger partial charge on any atom is 0.328 e. The maximum absolute atomic E-state index is 10.3. The highest BCUT2D eigenvalue weighted by molar-refractivity contribution is 5.85. The maximum atomic E-state index is 10.3. The van der Waals surface area contributed by atoms with Gasteiger partial charge in [0.2, 0.25) is 0 Å². The third kappa shape index (κ3) is 5.73. The summed E-state index contributed by atoms with van der Waals surface area (Å²) in [6.07, 6.45) is 4.17. The first kappa shape index (κ1) is 13.3. The van der Waals surface area contributed by atoms with Gasteiger partial charge in [0.1, 0.15) is 5.75 Å². The minimum absolute atomic E-state index is 0.183. The van der Waals surface area contributed by atoms with Crippen molar-refractivity contribution in [1.29, 1.82) is 0 Å². The van der Waals surface area contributed by atoms with Crippen LogP contribution in [0.15, 0.2) is 30.3 Å². The Morgan fingerprint density at radius 3 is 2.53 bits per heavy atom. The first-order valence-electron chi connectivity index (χ1n) is 5.47. The molecular weight excluding hydrogens is 220 g/mol. The Labute approximate surface area is 100 Å². The van der Waals surface area contributed by atoms with Crippen LogP contribution in [0.5, 0.6) is 5.75 Å². The molecule has 2 N–H and O–H groups in total. The predicted molar refractivity (Wildman–Crippen MR) is 64.9 cm³/mol. The highest BCUT2D eigenvalue weighted by Gasteiger charge is 1.94. The molecule has 0 aliphatic rings. The zero-order chi connectivity index (χ0) is 12.5. The molecule has 0 aromatic heterocycles. The van der Waals surface area contributed by atoms with E-state index in [-0.39, 0.29) is 6.61 Å². The Morgan fingerprint density at radius 2 is 1.94 bits per heavy atom. The fourth-order valence-corrected chi connectivity index (χ4v) is 1.25. The van der Waals surface area contributed by atoms with Crippen LogP contribution in [0.2, 0.25) is 0 Å². The van der Waals surface area contributed by atoms with E-state index in [1.165, 1.54) is 6.08 Å². The van der Waals surface area contributed by atoms with Gasteiger partial charge in [-0.15, -0.1) is 0 Å². The molecule has 0 fully saturated rings. The van der Waals surface area contributed by atoms with Crippen molar-refractivity contribution >= 4 is 12.0 Å². The molecule has 1 rings (SSSR count). The number of carboxylic acid groups (broad SMARTS) is 1. The molecular formula is C13H16O4. The van der Waals surface area contributed by atoms with Crippen molar-refractivity contribution in [2.45, 2.75) is 12.8 Å². The highest BCUT2D eigenvalue weighted by Crippen LogP contribution is 2.13. The van der Waals surface area contributed by atoms with Gasteiger partial charge in [0.15, 0.2) is 0 Å². The number of rotatable bonds is 7. The molecule has 0 aliphatic heterocycles. The number of benzene rings is 1. The summed E-state index contributed by atoms with van der Waals surface area (Å²) in [6, 6.07) is 7.17. The molecule has 92 valence electrons. The summed E-state index contributed by atoms with van der Waals surface area (Å²) in [4.78, 5) is 10.3. The third-order valence-corrected chi connectivity index (χ3v) is 2.12. The van der Waals surface area contributed by atoms with Crippen molar-refractivity contribution < 1.29 is 19.7 Å². The number of aliphatic carboxylic acids is 1. The van der Waals surface area contributed by atoms with E-state index < -0.39 is 5.97 Å². The molecule has 0 atom stereocenters. The van der Waals surface area contributed by atoms with Crippen LogP contribution in [-0.2, 0) is 4.79 Å². The molecule has 0 saturated carbocycles. The largest absolute Gasteiger partial charge is 0.494 e. The molecule has 1 aromatic carbocycles. The smallest absolute Gasteiger partial charge is 0.328 e. The molecule has 1 aromatic rings. The van der Waals surface area contributed by atoms with Gasteiger partial charge in [0.25, 0.3) is 0 Å². The summed E-state index contributed by atoms with van der Waals surface area (Å²) in [7, 11) is 0. The van der Waals surface area contributed by atoms with Crippen molar-refractivity contribution in [1.82, 2.24) is 0 Å². The van der Waals surface area contributed by atoms with Gasteiger partial charge in [0.05, 0.1) is 6.61 Å². The number of carbonyl (C=O) groups is 1. The second-order valence-electron chi connectivity index (χ2n) is 3.52. The van der Waals surface area contributed by atoms with Crippen molar-refractivity contribution in [3.05, 3.63) is 35.9 Å². The molecule has 0 heterocycles.